The highest BCUT2D eigenvalue weighted by atomic mass is 35.5. The van der Waals surface area contributed by atoms with Crippen LogP contribution in [0.25, 0.3) is 22.2 Å². The predicted molar refractivity (Wildman–Crippen MR) is 138 cm³/mol. The van der Waals surface area contributed by atoms with Crippen molar-refractivity contribution in [3.05, 3.63) is 86.6 Å². The lowest BCUT2D eigenvalue weighted by Crippen LogP contribution is -2.33. The van der Waals surface area contributed by atoms with E-state index in [1.54, 1.807) is 22.9 Å². The Morgan fingerprint density at radius 3 is 2.78 bits per heavy atom. The van der Waals surface area contributed by atoms with Crippen LogP contribution >= 0.6 is 11.6 Å². The second kappa shape index (κ2) is 9.59. The van der Waals surface area contributed by atoms with Crippen molar-refractivity contribution in [1.29, 1.82) is 0 Å². The van der Waals surface area contributed by atoms with Crippen LogP contribution in [0.4, 0.5) is 4.39 Å². The van der Waals surface area contributed by atoms with E-state index in [4.69, 9.17) is 31.0 Å². The molecule has 0 saturated carbocycles. The fourth-order valence-electron chi connectivity index (χ4n) is 5.32. The third kappa shape index (κ3) is 4.43. The van der Waals surface area contributed by atoms with Crippen LogP contribution in [0, 0.1) is 12.7 Å². The van der Waals surface area contributed by atoms with Gasteiger partial charge in [-0.05, 0) is 68.7 Å². The second-order valence-electron chi connectivity index (χ2n) is 9.67. The lowest BCUT2D eigenvalue weighted by Gasteiger charge is -2.30. The Hall–Kier alpha value is -3.20. The summed E-state index contributed by atoms with van der Waals surface area (Å²) in [6.45, 7) is 5.22. The summed E-state index contributed by atoms with van der Waals surface area (Å²) in [7, 11) is 0. The summed E-state index contributed by atoms with van der Waals surface area (Å²) in [6, 6.07) is 10.3. The Balaban J connectivity index is 1.52. The highest BCUT2D eigenvalue weighted by Gasteiger charge is 2.29. The Morgan fingerprint density at radius 1 is 1.11 bits per heavy atom. The third-order valence-corrected chi connectivity index (χ3v) is 7.45. The van der Waals surface area contributed by atoms with Crippen molar-refractivity contribution < 1.29 is 13.9 Å². The molecule has 4 aromatic rings. The van der Waals surface area contributed by atoms with Gasteiger partial charge in [-0.3, -0.25) is 19.3 Å². The fourth-order valence-corrected chi connectivity index (χ4v) is 5.48. The average Bonchev–Trinajstić information content (AvgIpc) is 2.89. The van der Waals surface area contributed by atoms with E-state index in [-0.39, 0.29) is 34.3 Å². The van der Waals surface area contributed by atoms with Gasteiger partial charge in [0.15, 0.2) is 0 Å². The highest BCUT2D eigenvalue weighted by molar-refractivity contribution is 6.30. The van der Waals surface area contributed by atoms with Gasteiger partial charge in [0.2, 0.25) is 0 Å². The summed E-state index contributed by atoms with van der Waals surface area (Å²) in [6.07, 6.45) is 2.75. The topological polar surface area (TPSA) is 79.1 Å². The van der Waals surface area contributed by atoms with E-state index in [2.05, 4.69) is 4.98 Å². The number of ether oxygens (including phenoxy) is 2. The van der Waals surface area contributed by atoms with E-state index in [9.17, 15) is 4.79 Å². The van der Waals surface area contributed by atoms with Crippen molar-refractivity contribution in [3.8, 4) is 11.3 Å². The Kier molecular flexibility index (Phi) is 6.26. The number of benzene rings is 1. The molecule has 9 heteroatoms. The molecule has 1 saturated heterocycles. The SMILES string of the molecule is Cc1cc(C2CC(c3cc4c(=O)n5c(nc4c(-c4ccc(Cl)cc4F)n3)C(C)OCC5)CCO2)ccn1. The van der Waals surface area contributed by atoms with Gasteiger partial charge < -0.3 is 9.47 Å². The first-order chi connectivity index (χ1) is 17.9. The van der Waals surface area contributed by atoms with Crippen LogP contribution in [0.3, 0.4) is 0 Å². The quantitative estimate of drug-likeness (QED) is 0.346. The van der Waals surface area contributed by atoms with Crippen molar-refractivity contribution in [2.45, 2.75) is 51.4 Å². The molecule has 0 N–H and O–H groups in total. The van der Waals surface area contributed by atoms with E-state index in [0.717, 1.165) is 23.4 Å². The van der Waals surface area contributed by atoms with Gasteiger partial charge in [-0.1, -0.05) is 11.6 Å². The molecule has 5 heterocycles. The Labute approximate surface area is 218 Å². The molecule has 3 unspecified atom stereocenters. The molecule has 0 aliphatic carbocycles. The molecule has 6 rings (SSSR count). The van der Waals surface area contributed by atoms with Crippen molar-refractivity contribution in [1.82, 2.24) is 19.5 Å². The first-order valence-electron chi connectivity index (χ1n) is 12.5. The summed E-state index contributed by atoms with van der Waals surface area (Å²) in [5.41, 5.74) is 3.51. The largest absolute Gasteiger partial charge is 0.373 e. The molecule has 190 valence electrons. The van der Waals surface area contributed by atoms with Gasteiger partial charge in [0.1, 0.15) is 23.3 Å². The molecule has 2 aliphatic rings. The van der Waals surface area contributed by atoms with Crippen LogP contribution in [-0.4, -0.2) is 32.7 Å². The number of pyridine rings is 2. The molecule has 2 aliphatic heterocycles. The van der Waals surface area contributed by atoms with Crippen LogP contribution in [-0.2, 0) is 16.0 Å². The minimum atomic E-state index is -0.514. The number of aromatic nitrogens is 4. The van der Waals surface area contributed by atoms with Gasteiger partial charge in [-0.15, -0.1) is 0 Å². The van der Waals surface area contributed by atoms with Gasteiger partial charge in [-0.2, -0.15) is 0 Å². The van der Waals surface area contributed by atoms with Crippen LogP contribution in [0.5, 0.6) is 0 Å². The maximum absolute atomic E-state index is 15.2. The number of rotatable bonds is 3. The number of nitrogens with zero attached hydrogens (tertiary/aromatic N) is 4. The van der Waals surface area contributed by atoms with Gasteiger partial charge in [0, 0.05) is 40.7 Å². The van der Waals surface area contributed by atoms with Gasteiger partial charge >= 0.3 is 0 Å². The molecule has 0 amide bonds. The van der Waals surface area contributed by atoms with E-state index in [0.29, 0.717) is 48.6 Å². The first kappa shape index (κ1) is 24.2. The van der Waals surface area contributed by atoms with Crippen LogP contribution < -0.4 is 5.56 Å². The molecular formula is C28H26ClFN4O3. The summed E-state index contributed by atoms with van der Waals surface area (Å²) < 4.78 is 28.7. The standard InChI is InChI=1S/C28H26ClFN4O3/c1-15-11-18(5-7-31-15)24-12-17(6-9-37-24)23-14-21-26(25(32-23)20-4-3-19(29)13-22(20)30)33-27-16(2)36-10-8-34(27)28(21)35/h3-5,7,11,13-14,16-17,24H,6,8-10,12H2,1-2H3. The van der Waals surface area contributed by atoms with Crippen molar-refractivity contribution in [3.63, 3.8) is 0 Å². The van der Waals surface area contributed by atoms with E-state index >= 15 is 4.39 Å². The van der Waals surface area contributed by atoms with E-state index in [1.165, 1.54) is 6.07 Å². The molecule has 1 aromatic carbocycles. The minimum absolute atomic E-state index is 0.0217. The number of aryl methyl sites for hydroxylation is 1. The van der Waals surface area contributed by atoms with E-state index < -0.39 is 5.82 Å². The molecule has 7 nitrogen and oxygen atoms in total. The zero-order valence-corrected chi connectivity index (χ0v) is 21.3. The highest BCUT2D eigenvalue weighted by Crippen LogP contribution is 2.39. The van der Waals surface area contributed by atoms with Crippen molar-refractivity contribution >= 4 is 22.5 Å². The average molecular weight is 521 g/mol. The molecule has 0 spiro atoms. The molecule has 3 atom stereocenters. The van der Waals surface area contributed by atoms with Crippen LogP contribution in [0.2, 0.25) is 5.02 Å². The molecule has 0 radical (unpaired) electrons. The number of halogens is 2. The van der Waals surface area contributed by atoms with Crippen molar-refractivity contribution in [2.75, 3.05) is 13.2 Å². The zero-order chi connectivity index (χ0) is 25.7. The second-order valence-corrected chi connectivity index (χ2v) is 10.1. The van der Waals surface area contributed by atoms with Crippen LogP contribution in [0.15, 0.2) is 47.4 Å². The Morgan fingerprint density at radius 2 is 1.97 bits per heavy atom. The van der Waals surface area contributed by atoms with Gasteiger partial charge in [0.25, 0.3) is 5.56 Å². The lowest BCUT2D eigenvalue weighted by atomic mass is 9.88. The predicted octanol–water partition coefficient (Wildman–Crippen LogP) is 5.68. The maximum atomic E-state index is 15.2. The summed E-state index contributed by atoms with van der Waals surface area (Å²) in [5, 5.41) is 0.712. The molecule has 37 heavy (non-hydrogen) atoms. The minimum Gasteiger partial charge on any atom is -0.373 e. The van der Waals surface area contributed by atoms with Crippen LogP contribution in [0.1, 0.15) is 60.7 Å². The molecule has 1 fully saturated rings. The normalized spacial score (nSPS) is 21.7. The monoisotopic (exact) mass is 520 g/mol. The summed E-state index contributed by atoms with van der Waals surface area (Å²) >= 11 is 6.04. The molecule has 3 aromatic heterocycles. The van der Waals surface area contributed by atoms with E-state index in [1.807, 2.05) is 32.0 Å². The third-order valence-electron chi connectivity index (χ3n) is 7.22. The molecular weight excluding hydrogens is 495 g/mol. The van der Waals surface area contributed by atoms with Gasteiger partial charge in [-0.25, -0.2) is 9.37 Å². The Bertz CT molecular complexity index is 1570. The maximum Gasteiger partial charge on any atom is 0.261 e. The number of hydrogen-bond acceptors (Lipinski definition) is 6. The first-order valence-corrected chi connectivity index (χ1v) is 12.8. The van der Waals surface area contributed by atoms with Gasteiger partial charge in [0.05, 0.1) is 30.3 Å². The zero-order valence-electron chi connectivity index (χ0n) is 20.6. The number of hydrogen-bond donors (Lipinski definition) is 0. The van der Waals surface area contributed by atoms with Crippen molar-refractivity contribution in [2.24, 2.45) is 0 Å². The molecule has 0 bridgehead atoms. The summed E-state index contributed by atoms with van der Waals surface area (Å²) in [5.74, 6) is 0.0287. The summed E-state index contributed by atoms with van der Waals surface area (Å²) in [4.78, 5) is 27.7. The fraction of sp³-hybridized carbons (Fsp3) is 0.357. The number of fused-ring (bicyclic) bond motifs is 2. The smallest absolute Gasteiger partial charge is 0.261 e. The lowest BCUT2D eigenvalue weighted by molar-refractivity contribution is 0.00459.